The highest BCUT2D eigenvalue weighted by atomic mass is 16.2. The smallest absolute Gasteiger partial charge is 0.329 e. The van der Waals surface area contributed by atoms with Crippen molar-refractivity contribution in [2.24, 2.45) is 0 Å². The number of carbonyl (C=O) groups excluding carboxylic acids is 1. The first-order valence-corrected chi connectivity index (χ1v) is 8.17. The fourth-order valence-corrected chi connectivity index (χ4v) is 3.52. The first kappa shape index (κ1) is 15.6. The van der Waals surface area contributed by atoms with E-state index in [1.54, 1.807) is 4.90 Å². The lowest BCUT2D eigenvalue weighted by Gasteiger charge is -2.31. The maximum atomic E-state index is 12.9. The van der Waals surface area contributed by atoms with E-state index in [1.807, 2.05) is 47.2 Å². The van der Waals surface area contributed by atoms with Crippen molar-refractivity contribution in [3.8, 4) is 0 Å². The third kappa shape index (κ3) is 2.60. The number of fused-ring (bicyclic) bond motifs is 1. The maximum absolute atomic E-state index is 12.9. The van der Waals surface area contributed by atoms with Gasteiger partial charge in [0.2, 0.25) is 5.91 Å². The molecule has 1 saturated heterocycles. The Bertz CT molecular complexity index is 792. The third-order valence-corrected chi connectivity index (χ3v) is 4.65. The van der Waals surface area contributed by atoms with E-state index in [-0.39, 0.29) is 23.7 Å². The highest BCUT2D eigenvalue weighted by molar-refractivity contribution is 5.87. The van der Waals surface area contributed by atoms with Gasteiger partial charge >= 0.3 is 5.69 Å². The van der Waals surface area contributed by atoms with Crippen molar-refractivity contribution in [3.63, 3.8) is 0 Å². The molecule has 1 aliphatic rings. The summed E-state index contributed by atoms with van der Waals surface area (Å²) in [6.07, 6.45) is 2.95. The van der Waals surface area contributed by atoms with E-state index in [0.717, 1.165) is 23.9 Å². The first-order valence-electron chi connectivity index (χ1n) is 8.17. The number of carbonyl (C=O) groups is 1. The third-order valence-electron chi connectivity index (χ3n) is 4.65. The molecule has 0 radical (unpaired) electrons. The van der Waals surface area contributed by atoms with E-state index in [0.29, 0.717) is 13.1 Å². The molecule has 1 fully saturated rings. The zero-order valence-corrected chi connectivity index (χ0v) is 13.7. The van der Waals surface area contributed by atoms with Gasteiger partial charge in [0.1, 0.15) is 0 Å². The fourth-order valence-electron chi connectivity index (χ4n) is 3.52. The van der Waals surface area contributed by atoms with Gasteiger partial charge in [-0.15, -0.1) is 0 Å². The predicted octanol–water partition coefficient (Wildman–Crippen LogP) is 2.73. The van der Waals surface area contributed by atoms with Gasteiger partial charge in [0.15, 0.2) is 0 Å². The largest absolute Gasteiger partial charge is 0.339 e. The number of aromatic nitrogens is 2. The quantitative estimate of drug-likeness (QED) is 0.818. The average molecular weight is 313 g/mol. The van der Waals surface area contributed by atoms with E-state index >= 15 is 0 Å². The van der Waals surface area contributed by atoms with Gasteiger partial charge in [-0.05, 0) is 44.9 Å². The lowest BCUT2D eigenvalue weighted by Crippen LogP contribution is -2.40. The minimum atomic E-state index is -0.0274. The molecule has 1 amide bonds. The summed E-state index contributed by atoms with van der Waals surface area (Å²) in [5, 5.41) is 0. The van der Waals surface area contributed by atoms with Gasteiger partial charge in [0, 0.05) is 25.2 Å². The number of para-hydroxylation sites is 2. The van der Waals surface area contributed by atoms with Crippen LogP contribution in [0.2, 0.25) is 0 Å². The number of hydrogen-bond acceptors (Lipinski definition) is 2. The Kier molecular flexibility index (Phi) is 4.11. The molecule has 3 rings (SSSR count). The van der Waals surface area contributed by atoms with Crippen LogP contribution in [-0.2, 0) is 4.79 Å². The van der Waals surface area contributed by atoms with E-state index < -0.39 is 0 Å². The van der Waals surface area contributed by atoms with Crippen LogP contribution in [0.1, 0.15) is 38.8 Å². The molecule has 0 spiro atoms. The Hall–Kier alpha value is -2.30. The normalized spacial score (nSPS) is 16.2. The Balaban J connectivity index is 1.98. The lowest BCUT2D eigenvalue weighted by atomic mass is 10.0. The number of imidazole rings is 1. The molecule has 1 aliphatic heterocycles. The number of rotatable bonds is 3. The van der Waals surface area contributed by atoms with Crippen LogP contribution in [0.25, 0.3) is 11.0 Å². The summed E-state index contributed by atoms with van der Waals surface area (Å²) in [6.45, 7) is 8.94. The number of hydrogen-bond donors (Lipinski definition) is 0. The second kappa shape index (κ2) is 6.07. The predicted molar refractivity (Wildman–Crippen MR) is 91.6 cm³/mol. The van der Waals surface area contributed by atoms with Crippen LogP contribution in [0.15, 0.2) is 41.7 Å². The van der Waals surface area contributed by atoms with Crippen molar-refractivity contribution < 1.29 is 4.79 Å². The first-order chi connectivity index (χ1) is 11.0. The number of piperidine rings is 1. The lowest BCUT2D eigenvalue weighted by molar-refractivity contribution is -0.127. The number of likely N-dealkylation sites (tertiary alicyclic amines) is 1. The highest BCUT2D eigenvalue weighted by Gasteiger charge is 2.26. The zero-order valence-electron chi connectivity index (χ0n) is 13.7. The Morgan fingerprint density at radius 3 is 2.39 bits per heavy atom. The Morgan fingerprint density at radius 2 is 1.83 bits per heavy atom. The molecule has 2 aromatic rings. The van der Waals surface area contributed by atoms with Crippen LogP contribution in [-0.4, -0.2) is 33.0 Å². The van der Waals surface area contributed by atoms with Gasteiger partial charge in [0.25, 0.3) is 0 Å². The van der Waals surface area contributed by atoms with E-state index in [4.69, 9.17) is 0 Å². The maximum Gasteiger partial charge on any atom is 0.329 e. The van der Waals surface area contributed by atoms with Gasteiger partial charge in [-0.3, -0.25) is 13.9 Å². The van der Waals surface area contributed by atoms with Gasteiger partial charge < -0.3 is 4.90 Å². The van der Waals surface area contributed by atoms with Crippen LogP contribution in [0.3, 0.4) is 0 Å². The number of benzene rings is 1. The van der Waals surface area contributed by atoms with Crippen molar-refractivity contribution in [3.05, 3.63) is 47.4 Å². The van der Waals surface area contributed by atoms with Crippen LogP contribution >= 0.6 is 0 Å². The molecule has 5 nitrogen and oxygen atoms in total. The highest BCUT2D eigenvalue weighted by Crippen LogP contribution is 2.26. The standard InChI is InChI=1S/C18H23N3O2/c1-4-17(22)19-11-9-14(10-12-19)21-16-8-6-5-7-15(16)20(13(2)3)18(21)23/h4-8,13-14H,1,9-12H2,2-3H3. The molecule has 0 saturated carbocycles. The second-order valence-corrected chi connectivity index (χ2v) is 6.37. The molecule has 5 heteroatoms. The van der Waals surface area contributed by atoms with Crippen LogP contribution in [0.5, 0.6) is 0 Å². The Morgan fingerprint density at radius 1 is 1.22 bits per heavy atom. The molecular weight excluding hydrogens is 290 g/mol. The van der Waals surface area contributed by atoms with E-state index in [2.05, 4.69) is 6.58 Å². The molecule has 0 bridgehead atoms. The average Bonchev–Trinajstić information content (AvgIpc) is 2.86. The summed E-state index contributed by atoms with van der Waals surface area (Å²) in [5.74, 6) is -0.0274. The summed E-state index contributed by atoms with van der Waals surface area (Å²) in [6, 6.07) is 8.22. The number of amides is 1. The van der Waals surface area contributed by atoms with Crippen molar-refractivity contribution >= 4 is 16.9 Å². The van der Waals surface area contributed by atoms with Crippen molar-refractivity contribution in [2.75, 3.05) is 13.1 Å². The summed E-state index contributed by atoms with van der Waals surface area (Å²) >= 11 is 0. The summed E-state index contributed by atoms with van der Waals surface area (Å²) in [5.41, 5.74) is 2.02. The molecule has 1 aromatic heterocycles. The van der Waals surface area contributed by atoms with Gasteiger partial charge in [-0.1, -0.05) is 18.7 Å². The molecule has 1 aromatic carbocycles. The summed E-state index contributed by atoms with van der Waals surface area (Å²) in [7, 11) is 0. The van der Waals surface area contributed by atoms with E-state index in [9.17, 15) is 9.59 Å². The van der Waals surface area contributed by atoms with Crippen molar-refractivity contribution in [2.45, 2.75) is 38.8 Å². The summed E-state index contributed by atoms with van der Waals surface area (Å²) < 4.78 is 3.78. The second-order valence-electron chi connectivity index (χ2n) is 6.37. The monoisotopic (exact) mass is 313 g/mol. The summed E-state index contributed by atoms with van der Waals surface area (Å²) in [4.78, 5) is 26.4. The fraction of sp³-hybridized carbons (Fsp3) is 0.444. The SMILES string of the molecule is C=CC(=O)N1CCC(n2c(=O)n(C(C)C)c3ccccc32)CC1. The molecule has 0 N–H and O–H groups in total. The molecule has 0 aliphatic carbocycles. The molecule has 0 atom stereocenters. The molecule has 23 heavy (non-hydrogen) atoms. The zero-order chi connectivity index (χ0) is 16.6. The van der Waals surface area contributed by atoms with Gasteiger partial charge in [0.05, 0.1) is 11.0 Å². The Labute approximate surface area is 135 Å². The van der Waals surface area contributed by atoms with Gasteiger partial charge in [-0.2, -0.15) is 0 Å². The molecular formula is C18H23N3O2. The minimum absolute atomic E-state index is 0.0274. The molecule has 122 valence electrons. The van der Waals surface area contributed by atoms with Crippen LogP contribution < -0.4 is 5.69 Å². The number of nitrogens with zero attached hydrogens (tertiary/aromatic N) is 3. The molecule has 2 heterocycles. The minimum Gasteiger partial charge on any atom is -0.339 e. The van der Waals surface area contributed by atoms with Crippen LogP contribution in [0.4, 0.5) is 0 Å². The molecule has 0 unspecified atom stereocenters. The van der Waals surface area contributed by atoms with Gasteiger partial charge in [-0.25, -0.2) is 4.79 Å². The topological polar surface area (TPSA) is 47.2 Å². The van der Waals surface area contributed by atoms with Crippen molar-refractivity contribution in [1.82, 2.24) is 14.0 Å². The van der Waals surface area contributed by atoms with Crippen molar-refractivity contribution in [1.29, 1.82) is 0 Å². The van der Waals surface area contributed by atoms with Crippen LogP contribution in [0, 0.1) is 0 Å². The van der Waals surface area contributed by atoms with E-state index in [1.165, 1.54) is 6.08 Å².